The Hall–Kier alpha value is -3.13. The van der Waals surface area contributed by atoms with E-state index in [0.29, 0.717) is 33.9 Å². The van der Waals surface area contributed by atoms with Crippen molar-refractivity contribution in [3.05, 3.63) is 63.8 Å². The van der Waals surface area contributed by atoms with Crippen LogP contribution in [0.15, 0.2) is 52.5 Å². The summed E-state index contributed by atoms with van der Waals surface area (Å²) in [5, 5.41) is 5.77. The fourth-order valence-corrected chi connectivity index (χ4v) is 3.77. The van der Waals surface area contributed by atoms with Gasteiger partial charge >= 0.3 is 6.09 Å². The van der Waals surface area contributed by atoms with Gasteiger partial charge in [-0.1, -0.05) is 79.5 Å². The molecule has 0 aliphatic carbocycles. The molecule has 0 radical (unpaired) electrons. The predicted molar refractivity (Wildman–Crippen MR) is 165 cm³/mol. The standard InChI is InChI=1S/C28H36BrN3O4.C3H8/c1-9-10-23(29)18(3)25(33)32-24-15-22(26(35-8)31-19(24)4)21-13-11-20(12-14-21)17(2)16-30-27(34)36-28(5,6)7;1-3-2/h9-15,17H,16H2,1-8H3,(H,30,34)(H,32,33);3H2,1-2H3/b10-9-,23-18-;. The smallest absolute Gasteiger partial charge is 0.407 e. The van der Waals surface area contributed by atoms with Crippen molar-refractivity contribution in [2.24, 2.45) is 0 Å². The molecule has 2 aromatic rings. The lowest BCUT2D eigenvalue weighted by Crippen LogP contribution is -2.34. The first-order chi connectivity index (χ1) is 18.3. The number of hydrogen-bond acceptors (Lipinski definition) is 5. The van der Waals surface area contributed by atoms with Crippen LogP contribution in [0.3, 0.4) is 0 Å². The van der Waals surface area contributed by atoms with Gasteiger partial charge in [0, 0.05) is 22.2 Å². The SMILES string of the molecule is C/C=C\C(Br)=C(/C)C(=O)Nc1cc(-c2ccc(C(C)CNC(=O)OC(C)(C)C)cc2)c(OC)nc1C.CCC. The van der Waals surface area contributed by atoms with Crippen LogP contribution in [0.5, 0.6) is 5.88 Å². The van der Waals surface area contributed by atoms with Gasteiger partial charge in [-0.2, -0.15) is 0 Å². The predicted octanol–water partition coefficient (Wildman–Crippen LogP) is 8.29. The van der Waals surface area contributed by atoms with Crippen molar-refractivity contribution in [1.29, 1.82) is 0 Å². The van der Waals surface area contributed by atoms with E-state index < -0.39 is 11.7 Å². The topological polar surface area (TPSA) is 89.6 Å². The van der Waals surface area contributed by atoms with Crippen molar-refractivity contribution in [2.45, 2.75) is 80.3 Å². The average molecular weight is 603 g/mol. The Balaban J connectivity index is 0.00000242. The zero-order valence-corrected chi connectivity index (χ0v) is 26.6. The minimum atomic E-state index is -0.535. The fourth-order valence-electron chi connectivity index (χ4n) is 3.33. The lowest BCUT2D eigenvalue weighted by Gasteiger charge is -2.21. The summed E-state index contributed by atoms with van der Waals surface area (Å²) in [6, 6.07) is 9.85. The Labute approximate surface area is 242 Å². The molecule has 1 atom stereocenters. The number of anilines is 1. The lowest BCUT2D eigenvalue weighted by molar-refractivity contribution is -0.112. The van der Waals surface area contributed by atoms with E-state index in [2.05, 4.69) is 45.4 Å². The first-order valence-electron chi connectivity index (χ1n) is 13.2. The summed E-state index contributed by atoms with van der Waals surface area (Å²) in [7, 11) is 1.57. The molecule has 1 unspecified atom stereocenters. The molecule has 2 amide bonds. The molecule has 2 N–H and O–H groups in total. The van der Waals surface area contributed by atoms with Crippen molar-refractivity contribution >= 4 is 33.6 Å². The second-order valence-corrected chi connectivity index (χ2v) is 11.1. The highest BCUT2D eigenvalue weighted by Gasteiger charge is 2.18. The number of nitrogens with one attached hydrogen (secondary N) is 2. The summed E-state index contributed by atoms with van der Waals surface area (Å²) in [4.78, 5) is 29.3. The second-order valence-electron chi connectivity index (χ2n) is 10.2. The van der Waals surface area contributed by atoms with Crippen LogP contribution in [0.1, 0.15) is 79.0 Å². The van der Waals surface area contributed by atoms with E-state index in [9.17, 15) is 9.59 Å². The van der Waals surface area contributed by atoms with Crippen LogP contribution in [0.25, 0.3) is 11.1 Å². The number of alkyl carbamates (subject to hydrolysis) is 1. The monoisotopic (exact) mass is 601 g/mol. The van der Waals surface area contributed by atoms with Crippen LogP contribution >= 0.6 is 15.9 Å². The Morgan fingerprint density at radius 2 is 1.74 bits per heavy atom. The van der Waals surface area contributed by atoms with Crippen LogP contribution in [0.2, 0.25) is 0 Å². The van der Waals surface area contributed by atoms with Crippen LogP contribution in [0.4, 0.5) is 10.5 Å². The minimum Gasteiger partial charge on any atom is -0.481 e. The number of halogens is 1. The largest absolute Gasteiger partial charge is 0.481 e. The maximum Gasteiger partial charge on any atom is 0.407 e. The number of aryl methyl sites for hydroxylation is 1. The number of carbonyl (C=O) groups is 2. The van der Waals surface area contributed by atoms with Gasteiger partial charge < -0.3 is 20.1 Å². The molecule has 1 aromatic heterocycles. The Kier molecular flexibility index (Phi) is 14.0. The number of ether oxygens (including phenoxy) is 2. The number of allylic oxidation sites excluding steroid dienone is 3. The molecule has 214 valence electrons. The molecule has 0 saturated carbocycles. The van der Waals surface area contributed by atoms with E-state index in [-0.39, 0.29) is 11.8 Å². The molecule has 1 aromatic carbocycles. The minimum absolute atomic E-state index is 0.0878. The van der Waals surface area contributed by atoms with E-state index >= 15 is 0 Å². The number of methoxy groups -OCH3 is 1. The Bertz CT molecular complexity index is 1170. The van der Waals surface area contributed by atoms with Gasteiger partial charge in [-0.05, 0) is 64.7 Å². The third-order valence-electron chi connectivity index (χ3n) is 5.37. The summed E-state index contributed by atoms with van der Waals surface area (Å²) in [5.41, 5.74) is 4.01. The highest BCUT2D eigenvalue weighted by atomic mass is 79.9. The van der Waals surface area contributed by atoms with Crippen molar-refractivity contribution < 1.29 is 19.1 Å². The van der Waals surface area contributed by atoms with Gasteiger partial charge in [-0.25, -0.2) is 9.78 Å². The van der Waals surface area contributed by atoms with Crippen molar-refractivity contribution in [3.63, 3.8) is 0 Å². The molecule has 0 aliphatic rings. The zero-order valence-electron chi connectivity index (χ0n) is 25.0. The van der Waals surface area contributed by atoms with Crippen LogP contribution in [0, 0.1) is 6.92 Å². The highest BCUT2D eigenvalue weighted by Crippen LogP contribution is 2.33. The van der Waals surface area contributed by atoms with Crippen molar-refractivity contribution in [3.8, 4) is 17.0 Å². The first-order valence-corrected chi connectivity index (χ1v) is 14.0. The van der Waals surface area contributed by atoms with E-state index in [1.807, 2.05) is 84.0 Å². The zero-order chi connectivity index (χ0) is 29.8. The Morgan fingerprint density at radius 3 is 2.26 bits per heavy atom. The number of carbonyl (C=O) groups excluding carboxylic acids is 2. The number of aromatic nitrogens is 1. The fraction of sp³-hybridized carbons (Fsp3) is 0.452. The number of nitrogens with zero attached hydrogens (tertiary/aromatic N) is 1. The molecule has 8 heteroatoms. The quantitative estimate of drug-likeness (QED) is 0.234. The lowest BCUT2D eigenvalue weighted by atomic mass is 9.97. The Morgan fingerprint density at radius 1 is 1.15 bits per heavy atom. The average Bonchev–Trinajstić information content (AvgIpc) is 2.87. The number of benzene rings is 1. The molecule has 0 spiro atoms. The molecule has 0 aliphatic heterocycles. The van der Waals surface area contributed by atoms with Crippen LogP contribution < -0.4 is 15.4 Å². The summed E-state index contributed by atoms with van der Waals surface area (Å²) in [6.45, 7) is 17.7. The summed E-state index contributed by atoms with van der Waals surface area (Å²) >= 11 is 3.43. The summed E-state index contributed by atoms with van der Waals surface area (Å²) in [5.74, 6) is 0.340. The molecule has 7 nitrogen and oxygen atoms in total. The van der Waals surface area contributed by atoms with Crippen LogP contribution in [-0.2, 0) is 9.53 Å². The molecule has 0 bridgehead atoms. The maximum atomic E-state index is 12.8. The summed E-state index contributed by atoms with van der Waals surface area (Å²) < 4.78 is 11.5. The van der Waals surface area contributed by atoms with Gasteiger partial charge in [0.15, 0.2) is 0 Å². The molecule has 0 saturated heterocycles. The molecular weight excluding hydrogens is 558 g/mol. The number of amides is 2. The summed E-state index contributed by atoms with van der Waals surface area (Å²) in [6.07, 6.45) is 4.50. The first kappa shape index (κ1) is 33.9. The third-order valence-corrected chi connectivity index (χ3v) is 6.23. The van der Waals surface area contributed by atoms with Gasteiger partial charge in [0.05, 0.1) is 18.5 Å². The molecular formula is C31H44BrN3O4. The maximum absolute atomic E-state index is 12.8. The number of pyridine rings is 1. The highest BCUT2D eigenvalue weighted by molar-refractivity contribution is 9.11. The second kappa shape index (κ2) is 16.1. The van der Waals surface area contributed by atoms with Gasteiger partial charge in [-0.15, -0.1) is 0 Å². The van der Waals surface area contributed by atoms with E-state index in [1.165, 1.54) is 6.42 Å². The van der Waals surface area contributed by atoms with Gasteiger partial charge in [-0.3, -0.25) is 4.79 Å². The molecule has 1 heterocycles. The molecule has 39 heavy (non-hydrogen) atoms. The van der Waals surface area contributed by atoms with Crippen molar-refractivity contribution in [1.82, 2.24) is 10.3 Å². The van der Waals surface area contributed by atoms with Gasteiger partial charge in [0.1, 0.15) is 5.60 Å². The van der Waals surface area contributed by atoms with Gasteiger partial charge in [0.25, 0.3) is 5.91 Å². The number of hydrogen-bond donors (Lipinski definition) is 2. The number of rotatable bonds is 8. The van der Waals surface area contributed by atoms with E-state index in [0.717, 1.165) is 16.7 Å². The normalized spacial score (nSPS) is 12.6. The molecule has 2 rings (SSSR count). The van der Waals surface area contributed by atoms with Gasteiger partial charge in [0.2, 0.25) is 5.88 Å². The molecule has 0 fully saturated rings. The van der Waals surface area contributed by atoms with Crippen LogP contribution in [-0.4, -0.2) is 36.2 Å². The van der Waals surface area contributed by atoms with E-state index in [4.69, 9.17) is 9.47 Å². The van der Waals surface area contributed by atoms with E-state index in [1.54, 1.807) is 14.0 Å². The van der Waals surface area contributed by atoms with Crippen molar-refractivity contribution in [2.75, 3.05) is 19.0 Å². The third kappa shape index (κ3) is 11.2.